The van der Waals surface area contributed by atoms with Gasteiger partial charge in [0.1, 0.15) is 5.82 Å². The number of nitrogens with two attached hydrogens (primary N) is 1. The van der Waals surface area contributed by atoms with Crippen molar-refractivity contribution in [3.63, 3.8) is 0 Å². The van der Waals surface area contributed by atoms with E-state index in [4.69, 9.17) is 5.73 Å². The van der Waals surface area contributed by atoms with Gasteiger partial charge in [-0.05, 0) is 31.0 Å². The lowest BCUT2D eigenvalue weighted by Gasteiger charge is -2.29. The van der Waals surface area contributed by atoms with E-state index in [0.717, 1.165) is 18.9 Å². The van der Waals surface area contributed by atoms with E-state index in [2.05, 4.69) is 0 Å². The first-order valence-electron chi connectivity index (χ1n) is 5.51. The zero-order chi connectivity index (χ0) is 12.5. The molecule has 1 aromatic carbocycles. The minimum atomic E-state index is -3.60. The first kappa shape index (κ1) is 12.5. The number of nitrogens with zero attached hydrogens (tertiary/aromatic N) is 1. The molecule has 6 heteroatoms. The maximum Gasteiger partial charge on any atom is 0.243 e. The Balaban J connectivity index is 2.29. The molecule has 2 rings (SSSR count). The summed E-state index contributed by atoms with van der Waals surface area (Å²) in [4.78, 5) is -0.00778. The molecule has 17 heavy (non-hydrogen) atoms. The zero-order valence-corrected chi connectivity index (χ0v) is 10.2. The number of halogens is 1. The quantitative estimate of drug-likeness (QED) is 0.858. The molecule has 0 aliphatic carbocycles. The molecular formula is C11H15FN2O2S. The van der Waals surface area contributed by atoms with Crippen molar-refractivity contribution >= 4 is 10.0 Å². The molecule has 1 atom stereocenters. The van der Waals surface area contributed by atoms with Gasteiger partial charge in [-0.25, -0.2) is 12.8 Å². The van der Waals surface area contributed by atoms with Crippen LogP contribution in [0.15, 0.2) is 29.2 Å². The van der Waals surface area contributed by atoms with Crippen LogP contribution in [0.25, 0.3) is 0 Å². The summed E-state index contributed by atoms with van der Waals surface area (Å²) < 4.78 is 38.7. The molecule has 4 nitrogen and oxygen atoms in total. The van der Waals surface area contributed by atoms with Gasteiger partial charge < -0.3 is 5.73 Å². The Kier molecular flexibility index (Phi) is 3.46. The summed E-state index contributed by atoms with van der Waals surface area (Å²) in [5, 5.41) is 0. The lowest BCUT2D eigenvalue weighted by molar-refractivity contribution is 0.316. The van der Waals surface area contributed by atoms with E-state index in [1.54, 1.807) is 0 Å². The van der Waals surface area contributed by atoms with Gasteiger partial charge in [0.05, 0.1) is 4.90 Å². The van der Waals surface area contributed by atoms with Crippen LogP contribution in [0.5, 0.6) is 0 Å². The minimum Gasteiger partial charge on any atom is -0.327 e. The highest BCUT2D eigenvalue weighted by Crippen LogP contribution is 2.20. The third kappa shape index (κ3) is 2.65. The molecule has 0 saturated carbocycles. The van der Waals surface area contributed by atoms with Crippen molar-refractivity contribution in [1.29, 1.82) is 0 Å². The van der Waals surface area contributed by atoms with E-state index in [1.165, 1.54) is 22.5 Å². The highest BCUT2D eigenvalue weighted by atomic mass is 32.2. The number of hydrogen-bond acceptors (Lipinski definition) is 3. The molecule has 1 aliphatic rings. The summed E-state index contributed by atoms with van der Waals surface area (Å²) in [6.07, 6.45) is 1.57. The van der Waals surface area contributed by atoms with E-state index in [9.17, 15) is 12.8 Å². The van der Waals surface area contributed by atoms with Gasteiger partial charge in [-0.1, -0.05) is 6.07 Å². The predicted molar refractivity (Wildman–Crippen MR) is 62.4 cm³/mol. The molecule has 0 bridgehead atoms. The standard InChI is InChI=1S/C11H15FN2O2S/c12-9-3-1-5-11(7-9)17(15,16)14-6-2-4-10(13)8-14/h1,3,5,7,10H,2,4,6,8,13H2/t10-/m1/s1. The van der Waals surface area contributed by atoms with Gasteiger partial charge in [0.2, 0.25) is 10.0 Å². The molecule has 1 heterocycles. The molecule has 0 amide bonds. The fourth-order valence-electron chi connectivity index (χ4n) is 1.97. The van der Waals surface area contributed by atoms with Crippen LogP contribution < -0.4 is 5.73 Å². The summed E-state index contributed by atoms with van der Waals surface area (Å²) in [6, 6.07) is 4.92. The SMILES string of the molecule is N[C@@H]1CCCN(S(=O)(=O)c2cccc(F)c2)C1. The zero-order valence-electron chi connectivity index (χ0n) is 9.34. The average Bonchev–Trinajstić information content (AvgIpc) is 2.29. The van der Waals surface area contributed by atoms with Crippen molar-refractivity contribution in [3.05, 3.63) is 30.1 Å². The highest BCUT2D eigenvalue weighted by Gasteiger charge is 2.28. The third-order valence-corrected chi connectivity index (χ3v) is 4.72. The van der Waals surface area contributed by atoms with E-state index in [0.29, 0.717) is 13.1 Å². The molecule has 1 aromatic rings. The topological polar surface area (TPSA) is 63.4 Å². The van der Waals surface area contributed by atoms with Crippen molar-refractivity contribution in [1.82, 2.24) is 4.31 Å². The van der Waals surface area contributed by atoms with E-state index >= 15 is 0 Å². The number of hydrogen-bond donors (Lipinski definition) is 1. The molecule has 2 N–H and O–H groups in total. The molecule has 94 valence electrons. The van der Waals surface area contributed by atoms with Gasteiger partial charge in [0.25, 0.3) is 0 Å². The molecule has 1 saturated heterocycles. The predicted octanol–water partition coefficient (Wildman–Crippen LogP) is 0.937. The van der Waals surface area contributed by atoms with Crippen LogP contribution in [0.2, 0.25) is 0 Å². The summed E-state index contributed by atoms with van der Waals surface area (Å²) in [6.45, 7) is 0.755. The minimum absolute atomic E-state index is 0.00778. The Bertz CT molecular complexity index is 504. The second kappa shape index (κ2) is 4.72. The fraction of sp³-hybridized carbons (Fsp3) is 0.455. The smallest absolute Gasteiger partial charge is 0.243 e. The van der Waals surface area contributed by atoms with Gasteiger partial charge in [0.15, 0.2) is 0 Å². The molecule has 0 aromatic heterocycles. The lowest BCUT2D eigenvalue weighted by atomic mass is 10.1. The fourth-order valence-corrected chi connectivity index (χ4v) is 3.54. The Morgan fingerprint density at radius 1 is 1.41 bits per heavy atom. The number of sulfonamides is 1. The van der Waals surface area contributed by atoms with Crippen molar-refractivity contribution in [2.24, 2.45) is 5.73 Å². The van der Waals surface area contributed by atoms with Crippen molar-refractivity contribution < 1.29 is 12.8 Å². The second-order valence-corrected chi connectivity index (χ2v) is 6.16. The Morgan fingerprint density at radius 2 is 2.18 bits per heavy atom. The first-order valence-corrected chi connectivity index (χ1v) is 6.95. The monoisotopic (exact) mass is 258 g/mol. The summed E-state index contributed by atoms with van der Waals surface area (Å²) in [7, 11) is -3.60. The van der Waals surface area contributed by atoms with Gasteiger partial charge in [-0.3, -0.25) is 0 Å². The largest absolute Gasteiger partial charge is 0.327 e. The Morgan fingerprint density at radius 3 is 2.82 bits per heavy atom. The van der Waals surface area contributed by atoms with Crippen LogP contribution >= 0.6 is 0 Å². The van der Waals surface area contributed by atoms with E-state index < -0.39 is 15.8 Å². The lowest BCUT2D eigenvalue weighted by Crippen LogP contribution is -2.45. The van der Waals surface area contributed by atoms with Crippen LogP contribution in [0.4, 0.5) is 4.39 Å². The van der Waals surface area contributed by atoms with Crippen LogP contribution in [0.1, 0.15) is 12.8 Å². The molecule has 0 radical (unpaired) electrons. The molecule has 0 spiro atoms. The third-order valence-electron chi connectivity index (χ3n) is 2.85. The van der Waals surface area contributed by atoms with Crippen molar-refractivity contribution in [3.8, 4) is 0 Å². The summed E-state index contributed by atoms with van der Waals surface area (Å²) >= 11 is 0. The number of rotatable bonds is 2. The highest BCUT2D eigenvalue weighted by molar-refractivity contribution is 7.89. The number of benzene rings is 1. The van der Waals surface area contributed by atoms with E-state index in [1.807, 2.05) is 0 Å². The summed E-state index contributed by atoms with van der Waals surface area (Å²) in [5.74, 6) is -0.549. The Labute approximate surface area is 100 Å². The maximum absolute atomic E-state index is 13.0. The average molecular weight is 258 g/mol. The van der Waals surface area contributed by atoms with Gasteiger partial charge in [-0.2, -0.15) is 4.31 Å². The van der Waals surface area contributed by atoms with Gasteiger partial charge in [-0.15, -0.1) is 0 Å². The molecule has 1 fully saturated rings. The maximum atomic E-state index is 13.0. The van der Waals surface area contributed by atoms with Crippen LogP contribution in [0.3, 0.4) is 0 Å². The molecule has 1 aliphatic heterocycles. The van der Waals surface area contributed by atoms with E-state index in [-0.39, 0.29) is 10.9 Å². The van der Waals surface area contributed by atoms with Gasteiger partial charge >= 0.3 is 0 Å². The normalized spacial score (nSPS) is 22.6. The van der Waals surface area contributed by atoms with Crippen molar-refractivity contribution in [2.75, 3.05) is 13.1 Å². The summed E-state index contributed by atoms with van der Waals surface area (Å²) in [5.41, 5.74) is 5.75. The van der Waals surface area contributed by atoms with Crippen molar-refractivity contribution in [2.45, 2.75) is 23.8 Å². The Hall–Kier alpha value is -0.980. The van der Waals surface area contributed by atoms with Crippen LogP contribution in [0, 0.1) is 5.82 Å². The second-order valence-electron chi connectivity index (χ2n) is 4.22. The molecule has 0 unspecified atom stereocenters. The van der Waals surface area contributed by atoms with Crippen LogP contribution in [-0.2, 0) is 10.0 Å². The van der Waals surface area contributed by atoms with Crippen LogP contribution in [-0.4, -0.2) is 31.9 Å². The first-order chi connectivity index (χ1) is 8.00. The van der Waals surface area contributed by atoms with Gasteiger partial charge in [0, 0.05) is 19.1 Å². The number of piperidine rings is 1. The molecular weight excluding hydrogens is 243 g/mol.